The second-order valence-electron chi connectivity index (χ2n) is 6.18. The van der Waals surface area contributed by atoms with Crippen LogP contribution in [0.3, 0.4) is 0 Å². The van der Waals surface area contributed by atoms with E-state index in [-0.39, 0.29) is 6.10 Å². The largest absolute Gasteiger partial charge is 0.371 e. The first kappa shape index (κ1) is 15.2. The number of nitrogens with zero attached hydrogens (tertiary/aromatic N) is 4. The van der Waals surface area contributed by atoms with Crippen LogP contribution >= 0.6 is 0 Å². The summed E-state index contributed by atoms with van der Waals surface area (Å²) in [5.74, 6) is 0. The highest BCUT2D eigenvalue weighted by atomic mass is 16.5. The second-order valence-corrected chi connectivity index (χ2v) is 6.18. The third kappa shape index (κ3) is 3.36. The van der Waals surface area contributed by atoms with Gasteiger partial charge in [-0.15, -0.1) is 0 Å². The molecule has 0 saturated carbocycles. The minimum atomic E-state index is 0.159. The van der Waals surface area contributed by atoms with Gasteiger partial charge in [-0.1, -0.05) is 23.8 Å². The molecule has 1 fully saturated rings. The average Bonchev–Trinajstić information content (AvgIpc) is 3.02. The van der Waals surface area contributed by atoms with Gasteiger partial charge in [-0.3, -0.25) is 9.58 Å². The van der Waals surface area contributed by atoms with Gasteiger partial charge in [0.05, 0.1) is 19.3 Å². The molecular formula is C17H24N4O. The van der Waals surface area contributed by atoms with Crippen LogP contribution in [0.2, 0.25) is 0 Å². The van der Waals surface area contributed by atoms with E-state index in [2.05, 4.69) is 54.0 Å². The summed E-state index contributed by atoms with van der Waals surface area (Å²) < 4.78 is 7.99. The summed E-state index contributed by atoms with van der Waals surface area (Å²) in [5, 5.41) is 4.18. The van der Waals surface area contributed by atoms with E-state index in [9.17, 15) is 0 Å². The summed E-state index contributed by atoms with van der Waals surface area (Å²) in [5.41, 5.74) is 3.91. The zero-order chi connectivity index (χ0) is 15.5. The Bertz CT molecular complexity index is 611. The molecule has 0 radical (unpaired) electrons. The number of aryl methyl sites for hydroxylation is 2. The Hall–Kier alpha value is -1.72. The van der Waals surface area contributed by atoms with Crippen molar-refractivity contribution in [3.63, 3.8) is 0 Å². The molecule has 2 heterocycles. The summed E-state index contributed by atoms with van der Waals surface area (Å²) >= 11 is 0. The molecule has 0 aliphatic carbocycles. The standard InChI is InChI=1S/C17H24N4O/c1-13-4-5-14(2)16(8-13)17-9-20(15(3)10-22-17)6-7-21-12-18-11-19-21/h4-5,8,11-12,15,17H,6-7,9-10H2,1-3H3/t15-,17-/m0/s1. The van der Waals surface area contributed by atoms with Gasteiger partial charge in [0.25, 0.3) is 0 Å². The Morgan fingerprint density at radius 1 is 1.27 bits per heavy atom. The van der Waals surface area contributed by atoms with Gasteiger partial charge in [0, 0.05) is 19.1 Å². The van der Waals surface area contributed by atoms with Crippen LogP contribution in [0.4, 0.5) is 0 Å². The zero-order valence-electron chi connectivity index (χ0n) is 13.6. The quantitative estimate of drug-likeness (QED) is 0.869. The van der Waals surface area contributed by atoms with Gasteiger partial charge in [0.15, 0.2) is 0 Å². The van der Waals surface area contributed by atoms with Crippen molar-refractivity contribution in [3.05, 3.63) is 47.5 Å². The monoisotopic (exact) mass is 300 g/mol. The van der Waals surface area contributed by atoms with E-state index < -0.39 is 0 Å². The predicted molar refractivity (Wildman–Crippen MR) is 85.7 cm³/mol. The van der Waals surface area contributed by atoms with Crippen LogP contribution in [0, 0.1) is 13.8 Å². The van der Waals surface area contributed by atoms with Crippen molar-refractivity contribution in [1.82, 2.24) is 19.7 Å². The van der Waals surface area contributed by atoms with Crippen molar-refractivity contribution in [2.24, 2.45) is 0 Å². The van der Waals surface area contributed by atoms with Crippen molar-refractivity contribution < 1.29 is 4.74 Å². The van der Waals surface area contributed by atoms with Crippen LogP contribution in [0.5, 0.6) is 0 Å². The number of ether oxygens (including phenoxy) is 1. The molecule has 0 bridgehead atoms. The van der Waals surface area contributed by atoms with Gasteiger partial charge in [-0.05, 0) is 31.9 Å². The third-order valence-electron chi connectivity index (χ3n) is 4.43. The van der Waals surface area contributed by atoms with E-state index in [0.717, 1.165) is 26.2 Å². The Kier molecular flexibility index (Phi) is 4.55. The second kappa shape index (κ2) is 6.58. The summed E-state index contributed by atoms with van der Waals surface area (Å²) in [6.45, 7) is 10.1. The Morgan fingerprint density at radius 3 is 2.91 bits per heavy atom. The summed E-state index contributed by atoms with van der Waals surface area (Å²) in [4.78, 5) is 6.48. The van der Waals surface area contributed by atoms with Gasteiger partial charge in [-0.2, -0.15) is 5.10 Å². The fourth-order valence-corrected chi connectivity index (χ4v) is 2.99. The molecule has 1 aliphatic heterocycles. The maximum Gasteiger partial charge on any atom is 0.137 e. The van der Waals surface area contributed by atoms with Crippen molar-refractivity contribution in [2.75, 3.05) is 19.7 Å². The van der Waals surface area contributed by atoms with Crippen LogP contribution in [0.15, 0.2) is 30.9 Å². The predicted octanol–water partition coefficient (Wildman–Crippen LogP) is 2.36. The van der Waals surface area contributed by atoms with Crippen LogP contribution in [0.1, 0.15) is 29.7 Å². The third-order valence-corrected chi connectivity index (χ3v) is 4.43. The Morgan fingerprint density at radius 2 is 2.14 bits per heavy atom. The Balaban J connectivity index is 1.68. The lowest BCUT2D eigenvalue weighted by Crippen LogP contribution is -2.46. The lowest BCUT2D eigenvalue weighted by Gasteiger charge is -2.38. The van der Waals surface area contributed by atoms with E-state index in [1.807, 2.05) is 4.68 Å². The Labute approximate surface area is 131 Å². The molecule has 0 N–H and O–H groups in total. The molecule has 5 nitrogen and oxygen atoms in total. The van der Waals surface area contributed by atoms with Gasteiger partial charge in [0.1, 0.15) is 12.7 Å². The maximum absolute atomic E-state index is 6.10. The minimum Gasteiger partial charge on any atom is -0.371 e. The fourth-order valence-electron chi connectivity index (χ4n) is 2.99. The molecule has 0 amide bonds. The number of morpholine rings is 1. The molecule has 1 aromatic carbocycles. The first-order chi connectivity index (χ1) is 10.6. The SMILES string of the molecule is Cc1ccc(C)c([C@@H]2CN(CCn3cncn3)[C@@H](C)CO2)c1. The molecule has 22 heavy (non-hydrogen) atoms. The number of hydrogen-bond donors (Lipinski definition) is 0. The van der Waals surface area contributed by atoms with E-state index in [4.69, 9.17) is 4.74 Å². The molecule has 0 unspecified atom stereocenters. The fraction of sp³-hybridized carbons (Fsp3) is 0.529. The molecule has 118 valence electrons. The number of benzene rings is 1. The highest BCUT2D eigenvalue weighted by Crippen LogP contribution is 2.27. The van der Waals surface area contributed by atoms with Crippen molar-refractivity contribution in [3.8, 4) is 0 Å². The molecular weight excluding hydrogens is 276 g/mol. The van der Waals surface area contributed by atoms with E-state index in [1.54, 1.807) is 12.7 Å². The topological polar surface area (TPSA) is 43.2 Å². The molecule has 3 rings (SSSR count). The molecule has 1 aromatic heterocycles. The van der Waals surface area contributed by atoms with Crippen molar-refractivity contribution >= 4 is 0 Å². The normalized spacial score (nSPS) is 22.9. The molecule has 0 spiro atoms. The zero-order valence-corrected chi connectivity index (χ0v) is 13.6. The first-order valence-electron chi connectivity index (χ1n) is 7.88. The summed E-state index contributed by atoms with van der Waals surface area (Å²) in [7, 11) is 0. The van der Waals surface area contributed by atoms with Crippen LogP contribution < -0.4 is 0 Å². The number of aromatic nitrogens is 3. The summed E-state index contributed by atoms with van der Waals surface area (Å²) in [6, 6.07) is 7.04. The smallest absolute Gasteiger partial charge is 0.137 e. The minimum absolute atomic E-state index is 0.159. The molecule has 5 heteroatoms. The van der Waals surface area contributed by atoms with Crippen LogP contribution in [-0.2, 0) is 11.3 Å². The molecule has 1 aliphatic rings. The van der Waals surface area contributed by atoms with Gasteiger partial charge in [-0.25, -0.2) is 4.98 Å². The molecule has 1 saturated heterocycles. The van der Waals surface area contributed by atoms with Crippen molar-refractivity contribution in [1.29, 1.82) is 0 Å². The lowest BCUT2D eigenvalue weighted by atomic mass is 9.99. The van der Waals surface area contributed by atoms with Crippen LogP contribution in [-0.4, -0.2) is 45.4 Å². The molecule has 2 atom stereocenters. The summed E-state index contributed by atoms with van der Waals surface area (Å²) in [6.07, 6.45) is 3.52. The number of hydrogen-bond acceptors (Lipinski definition) is 4. The van der Waals surface area contributed by atoms with Gasteiger partial charge < -0.3 is 4.74 Å². The number of rotatable bonds is 4. The van der Waals surface area contributed by atoms with E-state index >= 15 is 0 Å². The highest BCUT2D eigenvalue weighted by Gasteiger charge is 2.27. The highest BCUT2D eigenvalue weighted by molar-refractivity contribution is 5.32. The van der Waals surface area contributed by atoms with Crippen LogP contribution in [0.25, 0.3) is 0 Å². The van der Waals surface area contributed by atoms with E-state index in [1.165, 1.54) is 16.7 Å². The van der Waals surface area contributed by atoms with Crippen molar-refractivity contribution in [2.45, 2.75) is 39.5 Å². The van der Waals surface area contributed by atoms with Gasteiger partial charge in [0.2, 0.25) is 0 Å². The first-order valence-corrected chi connectivity index (χ1v) is 7.88. The van der Waals surface area contributed by atoms with E-state index in [0.29, 0.717) is 6.04 Å². The maximum atomic E-state index is 6.10. The lowest BCUT2D eigenvalue weighted by molar-refractivity contribution is -0.0613. The van der Waals surface area contributed by atoms with Gasteiger partial charge >= 0.3 is 0 Å². The molecule has 2 aromatic rings. The average molecular weight is 300 g/mol.